The largest absolute Gasteiger partial charge is 0.505 e. The van der Waals surface area contributed by atoms with E-state index in [0.717, 1.165) is 28.6 Å². The average molecular weight is 402 g/mol. The van der Waals surface area contributed by atoms with Crippen molar-refractivity contribution in [3.05, 3.63) is 32.8 Å². The summed E-state index contributed by atoms with van der Waals surface area (Å²) < 4.78 is 1.57. The van der Waals surface area contributed by atoms with E-state index in [0.29, 0.717) is 9.99 Å². The second-order valence-corrected chi connectivity index (χ2v) is 6.48. The first kappa shape index (κ1) is 15.7. The summed E-state index contributed by atoms with van der Waals surface area (Å²) in [4.78, 5) is 4.54. The van der Waals surface area contributed by atoms with Crippen molar-refractivity contribution in [2.45, 2.75) is 32.7 Å². The number of unbranched alkanes of at least 4 members (excludes halogenated alkanes) is 2. The number of pyridine rings is 1. The molecule has 0 amide bonds. The molecule has 2 aromatic rings. The molecule has 0 aliphatic rings. The van der Waals surface area contributed by atoms with E-state index in [1.54, 1.807) is 0 Å². The van der Waals surface area contributed by atoms with Crippen molar-refractivity contribution < 1.29 is 5.11 Å². The van der Waals surface area contributed by atoms with Crippen molar-refractivity contribution in [1.29, 1.82) is 0 Å². The maximum absolute atomic E-state index is 10.1. The van der Waals surface area contributed by atoms with Crippen molar-refractivity contribution in [2.24, 2.45) is 0 Å². The summed E-state index contributed by atoms with van der Waals surface area (Å²) in [5.41, 5.74) is 1.56. The average Bonchev–Trinajstić information content (AvgIpc) is 2.44. The standard InChI is InChI=1S/C15H18Br2N2O/c1-2-3-4-7-18-9-10-5-6-11-12(16)8-13(17)15(20)14(11)19-10/h5-6,8,18,20H,2-4,7,9H2,1H3. The molecule has 2 rings (SSSR count). The monoisotopic (exact) mass is 400 g/mol. The topological polar surface area (TPSA) is 45.1 Å². The molecule has 0 aliphatic carbocycles. The van der Waals surface area contributed by atoms with Crippen molar-refractivity contribution in [3.63, 3.8) is 0 Å². The van der Waals surface area contributed by atoms with Gasteiger partial charge in [-0.05, 0) is 47.1 Å². The van der Waals surface area contributed by atoms with Gasteiger partial charge in [-0.3, -0.25) is 0 Å². The van der Waals surface area contributed by atoms with Gasteiger partial charge in [0.05, 0.1) is 10.2 Å². The number of halogens is 2. The van der Waals surface area contributed by atoms with Crippen LogP contribution in [-0.2, 0) is 6.54 Å². The molecule has 0 fully saturated rings. The van der Waals surface area contributed by atoms with E-state index in [4.69, 9.17) is 0 Å². The lowest BCUT2D eigenvalue weighted by Crippen LogP contribution is -2.15. The van der Waals surface area contributed by atoms with Crippen LogP contribution in [0.15, 0.2) is 27.1 Å². The summed E-state index contributed by atoms with van der Waals surface area (Å²) >= 11 is 6.83. The zero-order chi connectivity index (χ0) is 14.5. The molecule has 108 valence electrons. The van der Waals surface area contributed by atoms with Gasteiger partial charge in [0.2, 0.25) is 0 Å². The van der Waals surface area contributed by atoms with Gasteiger partial charge < -0.3 is 10.4 Å². The first-order valence-corrected chi connectivity index (χ1v) is 8.39. The Bertz CT molecular complexity index is 602. The van der Waals surface area contributed by atoms with Gasteiger partial charge in [0.25, 0.3) is 0 Å². The number of hydrogen-bond donors (Lipinski definition) is 2. The first-order chi connectivity index (χ1) is 9.63. The van der Waals surface area contributed by atoms with Crippen LogP contribution < -0.4 is 5.32 Å². The Hall–Kier alpha value is -0.650. The number of aromatic hydroxyl groups is 1. The van der Waals surface area contributed by atoms with Crippen LogP contribution in [0.25, 0.3) is 10.9 Å². The highest BCUT2D eigenvalue weighted by Crippen LogP contribution is 2.36. The van der Waals surface area contributed by atoms with E-state index >= 15 is 0 Å². The van der Waals surface area contributed by atoms with Crippen LogP contribution in [0.5, 0.6) is 5.75 Å². The maximum atomic E-state index is 10.1. The van der Waals surface area contributed by atoms with Crippen molar-refractivity contribution in [3.8, 4) is 5.75 Å². The molecule has 0 aliphatic heterocycles. The van der Waals surface area contributed by atoms with Gasteiger partial charge in [-0.15, -0.1) is 0 Å². The quantitative estimate of drug-likeness (QED) is 0.686. The SMILES string of the molecule is CCCCCNCc1ccc2c(Br)cc(Br)c(O)c2n1. The summed E-state index contributed by atoms with van der Waals surface area (Å²) in [6.07, 6.45) is 3.66. The minimum atomic E-state index is 0.191. The number of hydrogen-bond acceptors (Lipinski definition) is 3. The van der Waals surface area contributed by atoms with Crippen LogP contribution in [0.1, 0.15) is 31.9 Å². The zero-order valence-electron chi connectivity index (χ0n) is 11.4. The fourth-order valence-electron chi connectivity index (χ4n) is 2.06. The van der Waals surface area contributed by atoms with Gasteiger partial charge in [-0.25, -0.2) is 4.98 Å². The summed E-state index contributed by atoms with van der Waals surface area (Å²) in [5.74, 6) is 0.191. The second-order valence-electron chi connectivity index (χ2n) is 4.77. The van der Waals surface area contributed by atoms with Gasteiger partial charge in [0.15, 0.2) is 5.75 Å². The predicted octanol–water partition coefficient (Wildman–Crippen LogP) is 4.75. The van der Waals surface area contributed by atoms with E-state index < -0.39 is 0 Å². The number of rotatable bonds is 6. The normalized spacial score (nSPS) is 11.2. The van der Waals surface area contributed by atoms with Crippen molar-refractivity contribution >= 4 is 42.8 Å². The maximum Gasteiger partial charge on any atom is 0.156 e. The van der Waals surface area contributed by atoms with Crippen LogP contribution in [-0.4, -0.2) is 16.6 Å². The molecule has 1 aromatic carbocycles. The number of aromatic nitrogens is 1. The fraction of sp³-hybridized carbons (Fsp3) is 0.400. The number of phenols is 1. The Morgan fingerprint density at radius 2 is 2.00 bits per heavy atom. The molecule has 0 spiro atoms. The number of nitrogens with zero attached hydrogens (tertiary/aromatic N) is 1. The summed E-state index contributed by atoms with van der Waals surface area (Å²) in [7, 11) is 0. The molecular weight excluding hydrogens is 384 g/mol. The van der Waals surface area contributed by atoms with Crippen LogP contribution in [0.2, 0.25) is 0 Å². The van der Waals surface area contributed by atoms with Crippen molar-refractivity contribution in [2.75, 3.05) is 6.54 Å². The Labute approximate surface area is 136 Å². The molecule has 20 heavy (non-hydrogen) atoms. The summed E-state index contributed by atoms with van der Waals surface area (Å²) in [6.45, 7) is 3.92. The molecular formula is C15H18Br2N2O. The van der Waals surface area contributed by atoms with Crippen LogP contribution in [0.4, 0.5) is 0 Å². The second kappa shape index (κ2) is 7.38. The van der Waals surface area contributed by atoms with Crippen LogP contribution >= 0.6 is 31.9 Å². The lowest BCUT2D eigenvalue weighted by Gasteiger charge is -2.08. The van der Waals surface area contributed by atoms with E-state index in [1.165, 1.54) is 19.3 Å². The highest BCUT2D eigenvalue weighted by atomic mass is 79.9. The molecule has 0 unspecified atom stereocenters. The third-order valence-electron chi connectivity index (χ3n) is 3.18. The third kappa shape index (κ3) is 3.71. The molecule has 0 saturated heterocycles. The van der Waals surface area contributed by atoms with E-state index in [9.17, 15) is 5.11 Å². The molecule has 1 aromatic heterocycles. The number of benzene rings is 1. The summed E-state index contributed by atoms with van der Waals surface area (Å²) in [6, 6.07) is 5.82. The number of fused-ring (bicyclic) bond motifs is 1. The predicted molar refractivity (Wildman–Crippen MR) is 90.0 cm³/mol. The van der Waals surface area contributed by atoms with E-state index in [2.05, 4.69) is 49.1 Å². The van der Waals surface area contributed by atoms with Gasteiger partial charge >= 0.3 is 0 Å². The Kier molecular flexibility index (Phi) is 5.81. The Morgan fingerprint density at radius 3 is 2.75 bits per heavy atom. The van der Waals surface area contributed by atoms with Gasteiger partial charge in [-0.2, -0.15) is 0 Å². The molecule has 0 atom stereocenters. The molecule has 1 heterocycles. The fourth-order valence-corrected chi connectivity index (χ4v) is 3.33. The minimum absolute atomic E-state index is 0.191. The number of nitrogens with one attached hydrogen (secondary N) is 1. The highest BCUT2D eigenvalue weighted by molar-refractivity contribution is 9.11. The molecule has 0 radical (unpaired) electrons. The molecule has 0 saturated carbocycles. The van der Waals surface area contributed by atoms with Crippen LogP contribution in [0.3, 0.4) is 0 Å². The molecule has 3 nitrogen and oxygen atoms in total. The third-order valence-corrected chi connectivity index (χ3v) is 4.44. The highest BCUT2D eigenvalue weighted by Gasteiger charge is 2.10. The van der Waals surface area contributed by atoms with Gasteiger partial charge in [0.1, 0.15) is 5.52 Å². The van der Waals surface area contributed by atoms with Crippen molar-refractivity contribution in [1.82, 2.24) is 10.3 Å². The Morgan fingerprint density at radius 1 is 1.20 bits per heavy atom. The Balaban J connectivity index is 2.14. The van der Waals surface area contributed by atoms with Gasteiger partial charge in [0, 0.05) is 16.4 Å². The van der Waals surface area contributed by atoms with Gasteiger partial charge in [-0.1, -0.05) is 35.7 Å². The molecule has 2 N–H and O–H groups in total. The smallest absolute Gasteiger partial charge is 0.156 e. The minimum Gasteiger partial charge on any atom is -0.505 e. The lowest BCUT2D eigenvalue weighted by molar-refractivity contribution is 0.476. The molecule has 0 bridgehead atoms. The number of phenolic OH excluding ortho intramolecular Hbond substituents is 1. The van der Waals surface area contributed by atoms with E-state index in [1.807, 2.05) is 18.2 Å². The first-order valence-electron chi connectivity index (χ1n) is 6.80. The lowest BCUT2D eigenvalue weighted by atomic mass is 10.2. The zero-order valence-corrected chi connectivity index (χ0v) is 14.6. The van der Waals surface area contributed by atoms with E-state index in [-0.39, 0.29) is 5.75 Å². The summed E-state index contributed by atoms with van der Waals surface area (Å²) in [5, 5.41) is 14.4. The molecule has 5 heteroatoms. The van der Waals surface area contributed by atoms with Crippen LogP contribution in [0, 0.1) is 0 Å².